The number of fused-ring (bicyclic) bond motifs is 1. The summed E-state index contributed by atoms with van der Waals surface area (Å²) < 4.78 is 19.6. The van der Waals surface area contributed by atoms with Gasteiger partial charge in [-0.15, -0.1) is 0 Å². The van der Waals surface area contributed by atoms with Gasteiger partial charge in [0.25, 0.3) is 5.91 Å². The molecule has 3 heterocycles. The topological polar surface area (TPSA) is 72.1 Å². The van der Waals surface area contributed by atoms with Crippen molar-refractivity contribution in [2.45, 2.75) is 43.9 Å². The van der Waals surface area contributed by atoms with Crippen molar-refractivity contribution in [2.24, 2.45) is 11.8 Å². The standard InChI is InChI=1S/C19H21FN4O2/c20-15-9-21-7-5-14(15)17(25)24-10-13-2-1-6-19(13,11-24)18-22-16(23-26-18)8-12-3-4-12/h5,7,9,12-13H,1-4,6,8,10-11H2/t13-,19-/m1/s1. The summed E-state index contributed by atoms with van der Waals surface area (Å²) in [7, 11) is 0. The lowest BCUT2D eigenvalue weighted by Gasteiger charge is -2.24. The predicted molar refractivity (Wildman–Crippen MR) is 89.8 cm³/mol. The van der Waals surface area contributed by atoms with Crippen molar-refractivity contribution in [3.8, 4) is 0 Å². The average molecular weight is 356 g/mol. The highest BCUT2D eigenvalue weighted by atomic mass is 19.1. The molecule has 0 spiro atoms. The molecule has 0 aromatic carbocycles. The third-order valence-corrected chi connectivity index (χ3v) is 6.22. The van der Waals surface area contributed by atoms with Gasteiger partial charge in [-0.05, 0) is 43.6 Å². The van der Waals surface area contributed by atoms with Crippen molar-refractivity contribution in [1.29, 1.82) is 0 Å². The maximum Gasteiger partial charge on any atom is 0.256 e. The molecule has 136 valence electrons. The summed E-state index contributed by atoms with van der Waals surface area (Å²) in [6.45, 7) is 1.13. The second kappa shape index (κ2) is 5.86. The van der Waals surface area contributed by atoms with Gasteiger partial charge in [0.05, 0.1) is 17.2 Å². The highest BCUT2D eigenvalue weighted by Crippen LogP contribution is 2.50. The van der Waals surface area contributed by atoms with Gasteiger partial charge in [0.15, 0.2) is 11.6 Å². The van der Waals surface area contributed by atoms with Crippen LogP contribution in [0.15, 0.2) is 23.0 Å². The quantitative estimate of drug-likeness (QED) is 0.842. The number of pyridine rings is 1. The van der Waals surface area contributed by atoms with Gasteiger partial charge in [-0.3, -0.25) is 9.78 Å². The molecule has 1 aliphatic heterocycles. The lowest BCUT2D eigenvalue weighted by atomic mass is 9.80. The third-order valence-electron chi connectivity index (χ3n) is 6.22. The van der Waals surface area contributed by atoms with Crippen LogP contribution in [0.3, 0.4) is 0 Å². The van der Waals surface area contributed by atoms with Gasteiger partial charge >= 0.3 is 0 Å². The first-order chi connectivity index (χ1) is 12.7. The van der Waals surface area contributed by atoms with Crippen LogP contribution in [0, 0.1) is 17.7 Å². The Labute approximate surface area is 150 Å². The largest absolute Gasteiger partial charge is 0.339 e. The number of carbonyl (C=O) groups excluding carboxylic acids is 1. The molecule has 26 heavy (non-hydrogen) atoms. The number of hydrogen-bond donors (Lipinski definition) is 0. The van der Waals surface area contributed by atoms with E-state index in [-0.39, 0.29) is 16.9 Å². The molecular weight excluding hydrogens is 335 g/mol. The Balaban J connectivity index is 1.41. The summed E-state index contributed by atoms with van der Waals surface area (Å²) in [5, 5.41) is 4.18. The van der Waals surface area contributed by atoms with Gasteiger partial charge in [-0.2, -0.15) is 4.98 Å². The fourth-order valence-corrected chi connectivity index (χ4v) is 4.63. The fourth-order valence-electron chi connectivity index (χ4n) is 4.63. The highest BCUT2D eigenvalue weighted by Gasteiger charge is 2.55. The Morgan fingerprint density at radius 1 is 1.38 bits per heavy atom. The van der Waals surface area contributed by atoms with Crippen LogP contribution in [-0.4, -0.2) is 39.0 Å². The molecule has 0 bridgehead atoms. The Hall–Kier alpha value is -2.31. The average Bonchev–Trinajstić information content (AvgIpc) is 3.03. The van der Waals surface area contributed by atoms with E-state index in [0.717, 1.165) is 37.7 Å². The van der Waals surface area contributed by atoms with E-state index >= 15 is 0 Å². The van der Waals surface area contributed by atoms with Crippen LogP contribution in [0.2, 0.25) is 0 Å². The highest BCUT2D eigenvalue weighted by molar-refractivity contribution is 5.94. The molecule has 2 aromatic rings. The minimum atomic E-state index is -0.576. The van der Waals surface area contributed by atoms with E-state index in [4.69, 9.17) is 9.51 Å². The van der Waals surface area contributed by atoms with Gasteiger partial charge in [0.2, 0.25) is 5.89 Å². The molecule has 2 atom stereocenters. The second-order valence-corrected chi connectivity index (χ2v) is 7.95. The van der Waals surface area contributed by atoms with Crippen LogP contribution in [-0.2, 0) is 11.8 Å². The molecule has 2 aliphatic carbocycles. The van der Waals surface area contributed by atoms with Crippen molar-refractivity contribution in [2.75, 3.05) is 13.1 Å². The SMILES string of the molecule is O=C(c1ccncc1F)N1C[C@H]2CCC[C@@]2(c2nc(CC3CC3)no2)C1. The summed E-state index contributed by atoms with van der Waals surface area (Å²) in [5.41, 5.74) is -0.191. The molecule has 1 saturated heterocycles. The van der Waals surface area contributed by atoms with Crippen molar-refractivity contribution in [3.05, 3.63) is 41.6 Å². The van der Waals surface area contributed by atoms with E-state index in [0.29, 0.717) is 30.8 Å². The lowest BCUT2D eigenvalue weighted by Crippen LogP contribution is -2.35. The molecule has 2 aromatic heterocycles. The van der Waals surface area contributed by atoms with E-state index in [1.54, 1.807) is 4.90 Å². The number of amides is 1. The van der Waals surface area contributed by atoms with E-state index in [9.17, 15) is 9.18 Å². The Morgan fingerprint density at radius 2 is 2.27 bits per heavy atom. The molecule has 6 nitrogen and oxygen atoms in total. The molecular formula is C19H21FN4O2. The Kier molecular flexibility index (Phi) is 3.58. The molecule has 2 saturated carbocycles. The number of likely N-dealkylation sites (tertiary alicyclic amines) is 1. The fraction of sp³-hybridized carbons (Fsp3) is 0.579. The molecule has 0 N–H and O–H groups in total. The van der Waals surface area contributed by atoms with Crippen LogP contribution >= 0.6 is 0 Å². The Morgan fingerprint density at radius 3 is 3.08 bits per heavy atom. The first kappa shape index (κ1) is 15.9. The predicted octanol–water partition coefficient (Wildman–Crippen LogP) is 2.75. The van der Waals surface area contributed by atoms with Gasteiger partial charge in [0.1, 0.15) is 0 Å². The molecule has 1 amide bonds. The minimum absolute atomic E-state index is 0.0788. The normalized spacial score (nSPS) is 27.7. The lowest BCUT2D eigenvalue weighted by molar-refractivity contribution is 0.0770. The zero-order chi connectivity index (χ0) is 17.7. The van der Waals surface area contributed by atoms with Crippen molar-refractivity contribution < 1.29 is 13.7 Å². The summed E-state index contributed by atoms with van der Waals surface area (Å²) >= 11 is 0. The van der Waals surface area contributed by atoms with Crippen molar-refractivity contribution >= 4 is 5.91 Å². The van der Waals surface area contributed by atoms with E-state index < -0.39 is 5.82 Å². The number of aromatic nitrogens is 3. The van der Waals surface area contributed by atoms with Gasteiger partial charge in [-0.1, -0.05) is 11.6 Å². The zero-order valence-electron chi connectivity index (χ0n) is 14.5. The number of rotatable bonds is 4. The maximum absolute atomic E-state index is 14.0. The smallest absolute Gasteiger partial charge is 0.256 e. The summed E-state index contributed by atoms with van der Waals surface area (Å²) in [5.74, 6) is 1.59. The molecule has 5 rings (SSSR count). The first-order valence-electron chi connectivity index (χ1n) is 9.37. The number of carbonyl (C=O) groups is 1. The zero-order valence-corrected chi connectivity index (χ0v) is 14.5. The second-order valence-electron chi connectivity index (χ2n) is 7.95. The molecule has 0 radical (unpaired) electrons. The van der Waals surface area contributed by atoms with Gasteiger partial charge in [0, 0.05) is 25.7 Å². The van der Waals surface area contributed by atoms with Gasteiger partial charge < -0.3 is 9.42 Å². The van der Waals surface area contributed by atoms with Gasteiger partial charge in [-0.25, -0.2) is 4.39 Å². The van der Waals surface area contributed by atoms with E-state index in [1.807, 2.05) is 0 Å². The van der Waals surface area contributed by atoms with Crippen molar-refractivity contribution in [1.82, 2.24) is 20.0 Å². The van der Waals surface area contributed by atoms with E-state index in [1.165, 1.54) is 25.1 Å². The monoisotopic (exact) mass is 356 g/mol. The molecule has 0 unspecified atom stereocenters. The van der Waals surface area contributed by atoms with Crippen LogP contribution in [0.4, 0.5) is 4.39 Å². The van der Waals surface area contributed by atoms with E-state index in [2.05, 4.69) is 10.1 Å². The summed E-state index contributed by atoms with van der Waals surface area (Å²) in [6.07, 6.45) is 8.97. The van der Waals surface area contributed by atoms with Crippen LogP contribution < -0.4 is 0 Å². The molecule has 7 heteroatoms. The Bertz CT molecular complexity index is 850. The molecule has 3 fully saturated rings. The van der Waals surface area contributed by atoms with Crippen LogP contribution in [0.5, 0.6) is 0 Å². The third kappa shape index (κ3) is 2.52. The molecule has 3 aliphatic rings. The summed E-state index contributed by atoms with van der Waals surface area (Å²) in [4.78, 5) is 23.0. The maximum atomic E-state index is 14.0. The van der Waals surface area contributed by atoms with Crippen LogP contribution in [0.1, 0.15) is 54.2 Å². The van der Waals surface area contributed by atoms with Crippen molar-refractivity contribution in [3.63, 3.8) is 0 Å². The number of nitrogens with zero attached hydrogens (tertiary/aromatic N) is 4. The first-order valence-corrected chi connectivity index (χ1v) is 9.37. The summed E-state index contributed by atoms with van der Waals surface area (Å²) in [6, 6.07) is 1.44. The number of halogens is 1. The number of hydrogen-bond acceptors (Lipinski definition) is 5. The minimum Gasteiger partial charge on any atom is -0.339 e. The van der Waals surface area contributed by atoms with Crippen LogP contribution in [0.25, 0.3) is 0 Å².